The Labute approximate surface area is 128 Å². The van der Waals surface area contributed by atoms with Gasteiger partial charge >= 0.3 is 0 Å². The maximum atomic E-state index is 10.4. The number of aryl methyl sites for hydroxylation is 1. The summed E-state index contributed by atoms with van der Waals surface area (Å²) in [5, 5.41) is 14.8. The van der Waals surface area contributed by atoms with Gasteiger partial charge in [0.15, 0.2) is 16.6 Å². The quantitative estimate of drug-likeness (QED) is 0.445. The van der Waals surface area contributed by atoms with Crippen LogP contribution in [0.15, 0.2) is 11.2 Å². The van der Waals surface area contributed by atoms with Crippen molar-refractivity contribution in [1.82, 2.24) is 5.43 Å². The van der Waals surface area contributed by atoms with Crippen molar-refractivity contribution in [2.45, 2.75) is 25.7 Å². The molecule has 0 bridgehead atoms. The lowest BCUT2D eigenvalue weighted by atomic mass is 10.00. The van der Waals surface area contributed by atoms with Crippen LogP contribution >= 0.6 is 12.2 Å². The molecule has 0 spiro atoms. The molecule has 0 aliphatic heterocycles. The number of ether oxygens (including phenoxy) is 2. The molecule has 2 rings (SSSR count). The Morgan fingerprint density at radius 1 is 1.38 bits per heavy atom. The summed E-state index contributed by atoms with van der Waals surface area (Å²) < 4.78 is 10.5. The summed E-state index contributed by atoms with van der Waals surface area (Å²) in [6, 6.07) is 1.91. The number of phenolic OH excluding ortho intramolecular Hbond substituents is 1. The number of aromatic hydroxyl groups is 1. The zero-order valence-electron chi connectivity index (χ0n) is 12.1. The molecule has 7 heteroatoms. The Bertz CT molecular complexity index is 587. The zero-order valence-corrected chi connectivity index (χ0v) is 12.9. The summed E-state index contributed by atoms with van der Waals surface area (Å²) in [5.41, 5.74) is 10.7. The van der Waals surface area contributed by atoms with Crippen LogP contribution in [0.3, 0.4) is 0 Å². The van der Waals surface area contributed by atoms with Gasteiger partial charge in [0, 0.05) is 17.7 Å². The van der Waals surface area contributed by atoms with E-state index in [1.807, 2.05) is 6.07 Å². The first-order chi connectivity index (χ1) is 10.1. The van der Waals surface area contributed by atoms with Gasteiger partial charge in [-0.15, -0.1) is 0 Å². The number of nitrogens with one attached hydrogen (secondary N) is 1. The summed E-state index contributed by atoms with van der Waals surface area (Å²) in [6.07, 6.45) is 3.11. The van der Waals surface area contributed by atoms with E-state index in [4.69, 9.17) is 27.4 Å². The maximum Gasteiger partial charge on any atom is 0.203 e. The van der Waals surface area contributed by atoms with Gasteiger partial charge in [0.05, 0.1) is 14.2 Å². The van der Waals surface area contributed by atoms with Gasteiger partial charge in [0.25, 0.3) is 0 Å². The van der Waals surface area contributed by atoms with Gasteiger partial charge in [-0.1, -0.05) is 0 Å². The van der Waals surface area contributed by atoms with Gasteiger partial charge in [0.1, 0.15) is 0 Å². The average Bonchev–Trinajstić information content (AvgIpc) is 2.67. The molecule has 0 aromatic heterocycles. The predicted octanol–water partition coefficient (Wildman–Crippen LogP) is 1.48. The van der Waals surface area contributed by atoms with Crippen LogP contribution in [0.2, 0.25) is 0 Å². The van der Waals surface area contributed by atoms with Crippen molar-refractivity contribution in [3.8, 4) is 17.2 Å². The van der Waals surface area contributed by atoms with E-state index < -0.39 is 0 Å². The molecule has 0 radical (unpaired) electrons. The monoisotopic (exact) mass is 309 g/mol. The van der Waals surface area contributed by atoms with Crippen molar-refractivity contribution >= 4 is 23.0 Å². The third kappa shape index (κ3) is 3.36. The minimum Gasteiger partial charge on any atom is -0.504 e. The smallest absolute Gasteiger partial charge is 0.203 e. The molecule has 1 aromatic carbocycles. The van der Waals surface area contributed by atoms with Crippen LogP contribution in [-0.2, 0) is 12.8 Å². The van der Waals surface area contributed by atoms with Crippen molar-refractivity contribution < 1.29 is 14.6 Å². The second kappa shape index (κ2) is 6.62. The van der Waals surface area contributed by atoms with Crippen molar-refractivity contribution in [2.24, 2.45) is 10.8 Å². The highest BCUT2D eigenvalue weighted by Crippen LogP contribution is 2.42. The van der Waals surface area contributed by atoms with Crippen LogP contribution in [-0.4, -0.2) is 30.2 Å². The number of nitrogens with two attached hydrogens (primary N) is 1. The fraction of sp³-hybridized carbons (Fsp3) is 0.429. The van der Waals surface area contributed by atoms with E-state index >= 15 is 0 Å². The SMILES string of the molecule is COc1cc2c(c(O)c1OC)CC(=NNC(N)=S)CCC2. The topological polar surface area (TPSA) is 89.1 Å². The Balaban J connectivity index is 2.41. The minimum atomic E-state index is 0.108. The molecule has 0 atom stereocenters. The number of hydrogen-bond donors (Lipinski definition) is 3. The second-order valence-electron chi connectivity index (χ2n) is 4.78. The lowest BCUT2D eigenvalue weighted by Crippen LogP contribution is -2.25. The lowest BCUT2D eigenvalue weighted by Gasteiger charge is -2.15. The number of hydrogen-bond acceptors (Lipinski definition) is 5. The number of phenols is 1. The molecular weight excluding hydrogens is 290 g/mol. The Kier molecular flexibility index (Phi) is 4.85. The van der Waals surface area contributed by atoms with E-state index in [0.29, 0.717) is 17.9 Å². The lowest BCUT2D eigenvalue weighted by molar-refractivity contribution is 0.331. The molecule has 1 aromatic rings. The first kappa shape index (κ1) is 15.4. The number of nitrogens with zero attached hydrogens (tertiary/aromatic N) is 1. The van der Waals surface area contributed by atoms with Crippen LogP contribution in [0.5, 0.6) is 17.2 Å². The molecule has 4 N–H and O–H groups in total. The average molecular weight is 309 g/mol. The molecule has 1 aliphatic carbocycles. The largest absolute Gasteiger partial charge is 0.504 e. The Morgan fingerprint density at radius 3 is 2.76 bits per heavy atom. The van der Waals surface area contributed by atoms with Crippen LogP contribution in [0, 0.1) is 0 Å². The molecule has 0 amide bonds. The first-order valence-corrected chi connectivity index (χ1v) is 7.04. The van der Waals surface area contributed by atoms with Gasteiger partial charge < -0.3 is 20.3 Å². The Hall–Kier alpha value is -2.02. The van der Waals surface area contributed by atoms with E-state index in [1.54, 1.807) is 7.11 Å². The van der Waals surface area contributed by atoms with E-state index in [-0.39, 0.29) is 10.9 Å². The summed E-state index contributed by atoms with van der Waals surface area (Å²) in [5.74, 6) is 0.993. The summed E-state index contributed by atoms with van der Waals surface area (Å²) in [4.78, 5) is 0. The second-order valence-corrected chi connectivity index (χ2v) is 5.22. The standard InChI is InChI=1S/C14H19N3O3S/c1-19-11-6-8-4-3-5-9(16-17-14(15)21)7-10(8)12(18)13(11)20-2/h6,18H,3-5,7H2,1-2H3,(H3,15,17,21). The van der Waals surface area contributed by atoms with Crippen molar-refractivity contribution in [1.29, 1.82) is 0 Å². The van der Waals surface area contributed by atoms with Gasteiger partial charge in [-0.25, -0.2) is 0 Å². The van der Waals surface area contributed by atoms with Gasteiger partial charge in [-0.3, -0.25) is 5.43 Å². The third-order valence-corrected chi connectivity index (χ3v) is 3.55. The summed E-state index contributed by atoms with van der Waals surface area (Å²) in [6.45, 7) is 0. The number of thiocarbonyl (C=S) groups is 1. The minimum absolute atomic E-state index is 0.108. The maximum absolute atomic E-state index is 10.4. The van der Waals surface area contributed by atoms with Crippen LogP contribution < -0.4 is 20.6 Å². The highest BCUT2D eigenvalue weighted by molar-refractivity contribution is 7.80. The molecule has 0 unspecified atom stereocenters. The zero-order chi connectivity index (χ0) is 15.4. The van der Waals surface area contributed by atoms with E-state index in [0.717, 1.165) is 36.1 Å². The fourth-order valence-corrected chi connectivity index (χ4v) is 2.54. The molecule has 21 heavy (non-hydrogen) atoms. The van der Waals surface area contributed by atoms with E-state index in [9.17, 15) is 5.11 Å². The van der Waals surface area contributed by atoms with Gasteiger partial charge in [-0.05, 0) is 43.1 Å². The van der Waals surface area contributed by atoms with Crippen molar-refractivity contribution in [2.75, 3.05) is 14.2 Å². The number of fused-ring (bicyclic) bond motifs is 1. The van der Waals surface area contributed by atoms with Crippen LogP contribution in [0.4, 0.5) is 0 Å². The first-order valence-electron chi connectivity index (χ1n) is 6.63. The summed E-state index contributed by atoms with van der Waals surface area (Å²) >= 11 is 4.75. The number of benzene rings is 1. The van der Waals surface area contributed by atoms with Gasteiger partial charge in [0.2, 0.25) is 5.75 Å². The molecule has 0 saturated heterocycles. The number of rotatable bonds is 3. The predicted molar refractivity (Wildman–Crippen MR) is 85.2 cm³/mol. The number of methoxy groups -OCH3 is 2. The highest BCUT2D eigenvalue weighted by Gasteiger charge is 2.22. The van der Waals surface area contributed by atoms with E-state index in [2.05, 4.69) is 10.5 Å². The van der Waals surface area contributed by atoms with Crippen molar-refractivity contribution in [3.63, 3.8) is 0 Å². The van der Waals surface area contributed by atoms with Crippen molar-refractivity contribution in [3.05, 3.63) is 17.2 Å². The van der Waals surface area contributed by atoms with Gasteiger partial charge in [-0.2, -0.15) is 5.10 Å². The van der Waals surface area contributed by atoms with E-state index in [1.165, 1.54) is 7.11 Å². The van der Waals surface area contributed by atoms with Crippen LogP contribution in [0.25, 0.3) is 0 Å². The molecule has 0 heterocycles. The highest BCUT2D eigenvalue weighted by atomic mass is 32.1. The summed E-state index contributed by atoms with van der Waals surface area (Å²) in [7, 11) is 3.06. The number of hydrazone groups is 1. The molecule has 0 saturated carbocycles. The molecule has 1 aliphatic rings. The molecule has 0 fully saturated rings. The van der Waals surface area contributed by atoms with Crippen LogP contribution in [0.1, 0.15) is 24.0 Å². The molecule has 6 nitrogen and oxygen atoms in total. The third-order valence-electron chi connectivity index (χ3n) is 3.46. The Morgan fingerprint density at radius 2 is 2.14 bits per heavy atom. The molecular formula is C14H19N3O3S. The normalized spacial score (nSPS) is 16.0. The molecule has 114 valence electrons. The fourth-order valence-electron chi connectivity index (χ4n) is 2.49.